The van der Waals surface area contributed by atoms with Crippen molar-refractivity contribution in [3.05, 3.63) is 62.0 Å². The van der Waals surface area contributed by atoms with E-state index in [1.165, 1.54) is 29.8 Å². The first-order valence-corrected chi connectivity index (χ1v) is 10.6. The molecule has 1 aliphatic rings. The monoisotopic (exact) mass is 447 g/mol. The van der Waals surface area contributed by atoms with Gasteiger partial charge >= 0.3 is 11.7 Å². The summed E-state index contributed by atoms with van der Waals surface area (Å²) < 4.78 is 23.5. The minimum atomic E-state index is -0.529. The number of aliphatic hydroxyl groups is 1. The van der Waals surface area contributed by atoms with Gasteiger partial charge in [0.15, 0.2) is 11.2 Å². The number of aliphatic hydroxyl groups excluding tert-OH is 1. The van der Waals surface area contributed by atoms with Gasteiger partial charge in [-0.3, -0.25) is 18.5 Å². The number of benzene rings is 1. The second kappa shape index (κ2) is 8.60. The van der Waals surface area contributed by atoms with Crippen molar-refractivity contribution >= 4 is 22.9 Å². The zero-order valence-electron chi connectivity index (χ0n) is 17.0. The largest absolute Gasteiger partial charge is 0.425 e. The van der Waals surface area contributed by atoms with Crippen LogP contribution in [0.15, 0.2) is 45.0 Å². The van der Waals surface area contributed by atoms with Crippen molar-refractivity contribution in [2.24, 2.45) is 7.05 Å². The fourth-order valence-corrected chi connectivity index (χ4v) is 4.36. The molecule has 0 fully saturated rings. The lowest BCUT2D eigenvalue weighted by Crippen LogP contribution is -2.40. The van der Waals surface area contributed by atoms with Crippen LogP contribution in [0.25, 0.3) is 11.2 Å². The molecule has 1 aromatic carbocycles. The van der Waals surface area contributed by atoms with E-state index in [1.807, 2.05) is 13.1 Å². The number of rotatable bonds is 7. The van der Waals surface area contributed by atoms with E-state index in [-0.39, 0.29) is 47.9 Å². The van der Waals surface area contributed by atoms with Crippen molar-refractivity contribution in [2.75, 3.05) is 6.61 Å². The second-order valence-corrected chi connectivity index (χ2v) is 8.59. The molecule has 3 aromatic rings. The molecule has 4 rings (SSSR count). The highest BCUT2D eigenvalue weighted by Gasteiger charge is 2.25. The van der Waals surface area contributed by atoms with E-state index in [4.69, 9.17) is 9.84 Å². The van der Waals surface area contributed by atoms with Gasteiger partial charge < -0.3 is 15.2 Å². The van der Waals surface area contributed by atoms with Gasteiger partial charge in [0.25, 0.3) is 5.56 Å². The number of halogens is 1. The molecule has 0 bridgehead atoms. The summed E-state index contributed by atoms with van der Waals surface area (Å²) in [4.78, 5) is 31.4. The van der Waals surface area contributed by atoms with Gasteiger partial charge in [-0.05, 0) is 30.4 Å². The summed E-state index contributed by atoms with van der Waals surface area (Å²) in [6.45, 7) is 2.24. The summed E-state index contributed by atoms with van der Waals surface area (Å²) >= 11 is 1.60. The molecule has 3 heterocycles. The molecule has 2 aromatic heterocycles. The van der Waals surface area contributed by atoms with Crippen LogP contribution in [0.5, 0.6) is 11.8 Å². The predicted molar refractivity (Wildman–Crippen MR) is 116 cm³/mol. The van der Waals surface area contributed by atoms with Gasteiger partial charge in [-0.2, -0.15) is 4.98 Å². The Kier molecular flexibility index (Phi) is 5.88. The van der Waals surface area contributed by atoms with Crippen molar-refractivity contribution in [3.8, 4) is 11.8 Å². The number of ether oxygens (including phenoxy) is 1. The van der Waals surface area contributed by atoms with Gasteiger partial charge in [-0.25, -0.2) is 9.18 Å². The number of fused-ring (bicyclic) bond motifs is 1. The molecule has 0 spiro atoms. The molecule has 0 aliphatic carbocycles. The Morgan fingerprint density at radius 1 is 1.32 bits per heavy atom. The van der Waals surface area contributed by atoms with E-state index < -0.39 is 17.1 Å². The SMILES string of the molecule is CC1=CNC(Cn2c(Oc3cccc(F)c3)nc3c2c(=O)n(CCCO)c(=O)n3C)S1. The summed E-state index contributed by atoms with van der Waals surface area (Å²) in [5, 5.41) is 12.3. The number of hydrogen-bond donors (Lipinski definition) is 2. The molecule has 1 atom stereocenters. The Balaban J connectivity index is 1.88. The molecule has 0 radical (unpaired) electrons. The van der Waals surface area contributed by atoms with E-state index in [2.05, 4.69) is 10.3 Å². The molecular formula is C20H22FN5O4S. The average molecular weight is 447 g/mol. The maximum absolute atomic E-state index is 13.7. The van der Waals surface area contributed by atoms with Gasteiger partial charge in [0.1, 0.15) is 11.6 Å². The molecule has 9 nitrogen and oxygen atoms in total. The molecule has 2 N–H and O–H groups in total. The number of imidazole rings is 1. The standard InChI is InChI=1S/C20H22FN5O4S/c1-12-10-22-15(31-12)11-26-16-17(23-19(26)30-14-6-3-5-13(21)9-14)24(2)20(29)25(18(16)28)7-4-8-27/h3,5-6,9-10,15,22,27H,4,7-8,11H2,1-2H3. The van der Waals surface area contributed by atoms with Crippen molar-refractivity contribution in [1.82, 2.24) is 24.0 Å². The van der Waals surface area contributed by atoms with Crippen LogP contribution < -0.4 is 21.3 Å². The number of aromatic nitrogens is 4. The zero-order chi connectivity index (χ0) is 22.1. The predicted octanol–water partition coefficient (Wildman–Crippen LogP) is 1.73. The lowest BCUT2D eigenvalue weighted by molar-refractivity contribution is 0.277. The van der Waals surface area contributed by atoms with E-state index in [9.17, 15) is 14.0 Å². The Labute approximate surface area is 180 Å². The summed E-state index contributed by atoms with van der Waals surface area (Å²) in [5.41, 5.74) is -0.660. The normalized spacial score (nSPS) is 15.9. The number of allylic oxidation sites excluding steroid dienone is 1. The van der Waals surface area contributed by atoms with Gasteiger partial charge in [0, 0.05) is 32.5 Å². The van der Waals surface area contributed by atoms with Crippen LogP contribution in [0.4, 0.5) is 4.39 Å². The summed E-state index contributed by atoms with van der Waals surface area (Å²) in [5.74, 6) is -0.240. The second-order valence-electron chi connectivity index (χ2n) is 7.14. The van der Waals surface area contributed by atoms with E-state index in [0.29, 0.717) is 6.54 Å². The number of hydrogen-bond acceptors (Lipinski definition) is 7. The van der Waals surface area contributed by atoms with E-state index in [0.717, 1.165) is 9.47 Å². The van der Waals surface area contributed by atoms with E-state index >= 15 is 0 Å². The first kappa shape index (κ1) is 21.2. The molecule has 0 saturated heterocycles. The van der Waals surface area contributed by atoms with E-state index in [1.54, 1.807) is 22.4 Å². The molecule has 164 valence electrons. The van der Waals surface area contributed by atoms with Gasteiger partial charge in [0.2, 0.25) is 0 Å². The number of thioether (sulfide) groups is 1. The lowest BCUT2D eigenvalue weighted by atomic mass is 10.3. The Morgan fingerprint density at radius 3 is 2.81 bits per heavy atom. The first-order chi connectivity index (χ1) is 14.9. The van der Waals surface area contributed by atoms with Crippen LogP contribution in [0.1, 0.15) is 13.3 Å². The minimum absolute atomic E-state index is 0.0743. The topological polar surface area (TPSA) is 103 Å². The number of nitrogens with zero attached hydrogens (tertiary/aromatic N) is 4. The third-order valence-electron chi connectivity index (χ3n) is 4.89. The van der Waals surface area contributed by atoms with Gasteiger partial charge in [-0.1, -0.05) is 6.07 Å². The van der Waals surface area contributed by atoms with Crippen molar-refractivity contribution in [3.63, 3.8) is 0 Å². The highest BCUT2D eigenvalue weighted by Crippen LogP contribution is 2.30. The molecular weight excluding hydrogens is 425 g/mol. The first-order valence-electron chi connectivity index (χ1n) is 9.73. The van der Waals surface area contributed by atoms with Crippen molar-refractivity contribution in [1.29, 1.82) is 0 Å². The van der Waals surface area contributed by atoms with Crippen LogP contribution in [0.3, 0.4) is 0 Å². The lowest BCUT2D eigenvalue weighted by Gasteiger charge is -2.15. The third-order valence-corrected chi connectivity index (χ3v) is 5.95. The molecule has 31 heavy (non-hydrogen) atoms. The van der Waals surface area contributed by atoms with Crippen LogP contribution in [-0.2, 0) is 20.1 Å². The minimum Gasteiger partial charge on any atom is -0.425 e. The molecule has 11 heteroatoms. The Hall–Kier alpha value is -3.05. The smallest absolute Gasteiger partial charge is 0.332 e. The fraction of sp³-hybridized carbons (Fsp3) is 0.350. The van der Waals surface area contributed by atoms with Crippen LogP contribution in [0.2, 0.25) is 0 Å². The number of nitrogens with one attached hydrogen (secondary N) is 1. The zero-order valence-corrected chi connectivity index (χ0v) is 17.9. The maximum atomic E-state index is 13.7. The summed E-state index contributed by atoms with van der Waals surface area (Å²) in [6.07, 6.45) is 2.15. The maximum Gasteiger partial charge on any atom is 0.332 e. The quantitative estimate of drug-likeness (QED) is 0.569. The van der Waals surface area contributed by atoms with Gasteiger partial charge in [-0.15, -0.1) is 11.8 Å². The van der Waals surface area contributed by atoms with Gasteiger partial charge in [0.05, 0.1) is 11.9 Å². The molecule has 1 aliphatic heterocycles. The highest BCUT2D eigenvalue weighted by molar-refractivity contribution is 8.03. The highest BCUT2D eigenvalue weighted by atomic mass is 32.2. The molecule has 0 amide bonds. The Bertz CT molecular complexity index is 1280. The number of aryl methyl sites for hydroxylation is 1. The summed E-state index contributed by atoms with van der Waals surface area (Å²) in [6, 6.07) is 5.69. The van der Waals surface area contributed by atoms with Crippen LogP contribution in [-0.4, -0.2) is 35.8 Å². The van der Waals surface area contributed by atoms with Crippen molar-refractivity contribution in [2.45, 2.75) is 31.8 Å². The summed E-state index contributed by atoms with van der Waals surface area (Å²) in [7, 11) is 1.52. The van der Waals surface area contributed by atoms with Crippen molar-refractivity contribution < 1.29 is 14.2 Å². The average Bonchev–Trinajstić information content (AvgIpc) is 3.30. The molecule has 1 unspecified atom stereocenters. The van der Waals surface area contributed by atoms with Crippen LogP contribution in [0, 0.1) is 5.82 Å². The fourth-order valence-electron chi connectivity index (χ4n) is 3.42. The van der Waals surface area contributed by atoms with Crippen LogP contribution >= 0.6 is 11.8 Å². The third kappa shape index (κ3) is 4.10. The molecule has 0 saturated carbocycles. The Morgan fingerprint density at radius 2 is 2.13 bits per heavy atom.